The minimum Gasteiger partial charge on any atom is -0.497 e. The number of aryl methyl sites for hydroxylation is 3. The molecule has 0 atom stereocenters. The molecule has 1 N–H and O–H groups in total. The smallest absolute Gasteiger partial charge is 0.283 e. The summed E-state index contributed by atoms with van der Waals surface area (Å²) in [6.07, 6.45) is 1.75. The molecule has 0 bridgehead atoms. The number of aliphatic imine (C=N–C) groups is 1. The molecule has 184 valence electrons. The standard InChI is InChI=1S/C29H29N3O3S/c1-19-5-7-23(8-6-19)17-30-27(33)18-36-29-31-26(16-22-9-11-25(35-4)12-10-22)28(34)32(29)24-14-20(2)13-21(3)15-24/h5-16H,17-18H2,1-4H3,(H,30,33). The molecule has 7 heteroatoms. The summed E-state index contributed by atoms with van der Waals surface area (Å²) in [5.74, 6) is 0.542. The molecule has 1 heterocycles. The quantitative estimate of drug-likeness (QED) is 0.441. The molecule has 0 fully saturated rings. The van der Waals surface area contributed by atoms with E-state index in [1.807, 2.05) is 81.4 Å². The van der Waals surface area contributed by atoms with Crippen molar-refractivity contribution in [2.24, 2.45) is 4.99 Å². The summed E-state index contributed by atoms with van der Waals surface area (Å²) in [6, 6.07) is 21.4. The second-order valence-electron chi connectivity index (χ2n) is 8.73. The van der Waals surface area contributed by atoms with E-state index in [2.05, 4.69) is 16.4 Å². The summed E-state index contributed by atoms with van der Waals surface area (Å²) < 4.78 is 5.22. The van der Waals surface area contributed by atoms with Crippen LogP contribution >= 0.6 is 11.8 Å². The topological polar surface area (TPSA) is 71.0 Å². The van der Waals surface area contributed by atoms with Crippen molar-refractivity contribution in [3.63, 3.8) is 0 Å². The minimum absolute atomic E-state index is 0.122. The Hall–Kier alpha value is -3.84. The van der Waals surface area contributed by atoms with E-state index < -0.39 is 0 Å². The van der Waals surface area contributed by atoms with Gasteiger partial charge in [0, 0.05) is 6.54 Å². The number of amidine groups is 1. The molecule has 3 aromatic rings. The van der Waals surface area contributed by atoms with Gasteiger partial charge in [-0.3, -0.25) is 14.5 Å². The lowest BCUT2D eigenvalue weighted by molar-refractivity contribution is -0.118. The predicted molar refractivity (Wildman–Crippen MR) is 147 cm³/mol. The summed E-state index contributed by atoms with van der Waals surface area (Å²) in [7, 11) is 1.61. The number of carbonyl (C=O) groups is 2. The molecule has 36 heavy (non-hydrogen) atoms. The molecule has 0 saturated heterocycles. The molecule has 6 nitrogen and oxygen atoms in total. The van der Waals surface area contributed by atoms with Crippen LogP contribution in [0.2, 0.25) is 0 Å². The number of benzene rings is 3. The number of carbonyl (C=O) groups excluding carboxylic acids is 2. The molecule has 0 radical (unpaired) electrons. The number of hydrogen-bond donors (Lipinski definition) is 1. The first-order valence-electron chi connectivity index (χ1n) is 11.6. The summed E-state index contributed by atoms with van der Waals surface area (Å²) in [5.41, 5.74) is 6.20. The maximum Gasteiger partial charge on any atom is 0.283 e. The first kappa shape index (κ1) is 25.3. The Labute approximate surface area is 216 Å². The van der Waals surface area contributed by atoms with Crippen LogP contribution in [0.4, 0.5) is 5.69 Å². The maximum absolute atomic E-state index is 13.5. The van der Waals surface area contributed by atoms with E-state index in [0.29, 0.717) is 17.4 Å². The van der Waals surface area contributed by atoms with E-state index in [4.69, 9.17) is 4.74 Å². The van der Waals surface area contributed by atoms with Gasteiger partial charge in [0.15, 0.2) is 5.17 Å². The van der Waals surface area contributed by atoms with Gasteiger partial charge in [0.1, 0.15) is 11.4 Å². The number of nitrogens with zero attached hydrogens (tertiary/aromatic N) is 2. The van der Waals surface area contributed by atoms with Crippen molar-refractivity contribution < 1.29 is 14.3 Å². The fourth-order valence-corrected chi connectivity index (χ4v) is 4.69. The number of nitrogens with one attached hydrogen (secondary N) is 1. The summed E-state index contributed by atoms with van der Waals surface area (Å²) in [6.45, 7) is 6.47. The van der Waals surface area contributed by atoms with E-state index in [1.54, 1.807) is 18.1 Å². The van der Waals surface area contributed by atoms with Crippen LogP contribution in [0.1, 0.15) is 27.8 Å². The molecule has 2 amide bonds. The fourth-order valence-electron chi connectivity index (χ4n) is 3.85. The van der Waals surface area contributed by atoms with Crippen molar-refractivity contribution >= 4 is 40.5 Å². The Balaban J connectivity index is 1.53. The first-order valence-corrected chi connectivity index (χ1v) is 12.6. The average Bonchev–Trinajstić information content (AvgIpc) is 3.17. The third-order valence-electron chi connectivity index (χ3n) is 5.66. The van der Waals surface area contributed by atoms with Crippen LogP contribution in [-0.4, -0.2) is 29.8 Å². The SMILES string of the molecule is COc1ccc(C=C2N=C(SCC(=O)NCc3ccc(C)cc3)N(c3cc(C)cc(C)c3)C2=O)cc1. The Kier molecular flexibility index (Phi) is 7.90. The predicted octanol–water partition coefficient (Wildman–Crippen LogP) is 5.41. The number of anilines is 1. The zero-order chi connectivity index (χ0) is 25.7. The normalized spacial score (nSPS) is 14.2. The van der Waals surface area contributed by atoms with Gasteiger partial charge in [0.05, 0.1) is 18.6 Å². The van der Waals surface area contributed by atoms with Gasteiger partial charge >= 0.3 is 0 Å². The maximum atomic E-state index is 13.5. The monoisotopic (exact) mass is 499 g/mol. The van der Waals surface area contributed by atoms with Gasteiger partial charge in [-0.25, -0.2) is 4.99 Å². The molecule has 0 spiro atoms. The highest BCUT2D eigenvalue weighted by molar-refractivity contribution is 8.14. The van der Waals surface area contributed by atoms with E-state index in [0.717, 1.165) is 33.7 Å². The number of amides is 2. The highest BCUT2D eigenvalue weighted by Crippen LogP contribution is 2.31. The van der Waals surface area contributed by atoms with Crippen LogP contribution in [0.3, 0.4) is 0 Å². The van der Waals surface area contributed by atoms with E-state index in [1.165, 1.54) is 17.3 Å². The number of thioether (sulfide) groups is 1. The zero-order valence-electron chi connectivity index (χ0n) is 20.9. The second kappa shape index (κ2) is 11.3. The third kappa shape index (κ3) is 6.23. The van der Waals surface area contributed by atoms with Crippen LogP contribution in [0.5, 0.6) is 5.75 Å². The van der Waals surface area contributed by atoms with Crippen LogP contribution < -0.4 is 15.0 Å². The van der Waals surface area contributed by atoms with Crippen molar-refractivity contribution in [2.45, 2.75) is 27.3 Å². The largest absolute Gasteiger partial charge is 0.497 e. The Morgan fingerprint density at radius 3 is 2.28 bits per heavy atom. The van der Waals surface area contributed by atoms with Gasteiger partial charge in [0.25, 0.3) is 5.91 Å². The van der Waals surface area contributed by atoms with Crippen LogP contribution in [-0.2, 0) is 16.1 Å². The van der Waals surface area contributed by atoms with Crippen molar-refractivity contribution in [3.05, 3.63) is 100 Å². The van der Waals surface area contributed by atoms with Crippen molar-refractivity contribution in [2.75, 3.05) is 17.8 Å². The number of hydrogen-bond acceptors (Lipinski definition) is 5. The average molecular weight is 500 g/mol. The molecule has 0 saturated carbocycles. The summed E-state index contributed by atoms with van der Waals surface area (Å²) in [5, 5.41) is 3.43. The Morgan fingerprint density at radius 1 is 0.972 bits per heavy atom. The highest BCUT2D eigenvalue weighted by atomic mass is 32.2. The van der Waals surface area contributed by atoms with Gasteiger partial charge in [-0.05, 0) is 73.4 Å². The van der Waals surface area contributed by atoms with Crippen molar-refractivity contribution in [1.29, 1.82) is 0 Å². The van der Waals surface area contributed by atoms with Gasteiger partial charge in [-0.1, -0.05) is 59.8 Å². The lowest BCUT2D eigenvalue weighted by Gasteiger charge is -2.19. The Morgan fingerprint density at radius 2 is 1.64 bits per heavy atom. The van der Waals surface area contributed by atoms with Gasteiger partial charge < -0.3 is 10.1 Å². The first-order chi connectivity index (χ1) is 17.3. The molecule has 3 aromatic carbocycles. The zero-order valence-corrected chi connectivity index (χ0v) is 21.7. The van der Waals surface area contributed by atoms with Crippen molar-refractivity contribution in [1.82, 2.24) is 5.32 Å². The minimum atomic E-state index is -0.224. The van der Waals surface area contributed by atoms with Crippen LogP contribution in [0.15, 0.2) is 77.4 Å². The Bertz CT molecular complexity index is 1310. The van der Waals surface area contributed by atoms with Gasteiger partial charge in [0.2, 0.25) is 5.91 Å². The molecule has 0 aromatic heterocycles. The van der Waals surface area contributed by atoms with E-state index in [-0.39, 0.29) is 17.6 Å². The van der Waals surface area contributed by atoms with Crippen LogP contribution in [0.25, 0.3) is 6.08 Å². The second-order valence-corrected chi connectivity index (χ2v) is 9.68. The van der Waals surface area contributed by atoms with Crippen molar-refractivity contribution in [3.8, 4) is 5.75 Å². The van der Waals surface area contributed by atoms with Gasteiger partial charge in [-0.15, -0.1) is 0 Å². The lowest BCUT2D eigenvalue weighted by atomic mass is 10.1. The number of methoxy groups -OCH3 is 1. The fraction of sp³-hybridized carbons (Fsp3) is 0.207. The lowest BCUT2D eigenvalue weighted by Crippen LogP contribution is -2.32. The molecule has 4 rings (SSSR count). The highest BCUT2D eigenvalue weighted by Gasteiger charge is 2.32. The molecule has 0 unspecified atom stereocenters. The molecule has 1 aliphatic rings. The third-order valence-corrected chi connectivity index (χ3v) is 6.59. The van der Waals surface area contributed by atoms with E-state index >= 15 is 0 Å². The van der Waals surface area contributed by atoms with E-state index in [9.17, 15) is 9.59 Å². The van der Waals surface area contributed by atoms with Crippen LogP contribution in [0, 0.1) is 20.8 Å². The molecular formula is C29H29N3O3S. The summed E-state index contributed by atoms with van der Waals surface area (Å²) >= 11 is 1.25. The summed E-state index contributed by atoms with van der Waals surface area (Å²) in [4.78, 5) is 32.3. The van der Waals surface area contributed by atoms with Gasteiger partial charge in [-0.2, -0.15) is 0 Å². The molecular weight excluding hydrogens is 470 g/mol. The number of ether oxygens (including phenoxy) is 1. The number of rotatable bonds is 7. The molecule has 1 aliphatic heterocycles. The molecule has 0 aliphatic carbocycles.